The molecule has 1 aromatic heterocycles. The van der Waals surface area contributed by atoms with Gasteiger partial charge in [-0.25, -0.2) is 0 Å². The average molecular weight is 244 g/mol. The number of rotatable bonds is 4. The Kier molecular flexibility index (Phi) is 3.58. The molecule has 94 valence electrons. The fourth-order valence-electron chi connectivity index (χ4n) is 2.13. The van der Waals surface area contributed by atoms with E-state index in [4.69, 9.17) is 5.11 Å². The van der Waals surface area contributed by atoms with E-state index in [1.807, 2.05) is 49.3 Å². The molecule has 0 saturated carbocycles. The molecule has 0 bridgehead atoms. The minimum atomic E-state index is -0.804. The molecule has 18 heavy (non-hydrogen) atoms. The predicted octanol–water partition coefficient (Wildman–Crippen LogP) is 2.31. The first kappa shape index (κ1) is 12.5. The van der Waals surface area contributed by atoms with Gasteiger partial charge in [-0.05, 0) is 25.7 Å². The third kappa shape index (κ3) is 2.49. The first-order valence-corrected chi connectivity index (χ1v) is 5.81. The Balaban J connectivity index is 2.53. The molecule has 1 N–H and O–H groups in total. The number of carboxylic acid groups (broad SMARTS) is 1. The Hall–Kier alpha value is -1.94. The highest BCUT2D eigenvalue weighted by molar-refractivity contribution is 5.82. The molecular weight excluding hydrogens is 228 g/mol. The van der Waals surface area contributed by atoms with Crippen molar-refractivity contribution < 1.29 is 9.90 Å². The van der Waals surface area contributed by atoms with Crippen LogP contribution in [0.4, 0.5) is 0 Å². The molecular formula is C14H16N2O2. The summed E-state index contributed by atoms with van der Waals surface area (Å²) in [5.74, 6) is -0.804. The molecule has 1 heterocycles. The zero-order valence-corrected chi connectivity index (χ0v) is 10.5. The van der Waals surface area contributed by atoms with Crippen molar-refractivity contribution in [3.05, 3.63) is 42.1 Å². The van der Waals surface area contributed by atoms with E-state index in [1.54, 1.807) is 6.20 Å². The molecule has 2 aromatic rings. The Morgan fingerprint density at radius 1 is 1.33 bits per heavy atom. The zero-order chi connectivity index (χ0) is 13.1. The molecule has 0 spiro atoms. The fourth-order valence-corrected chi connectivity index (χ4v) is 2.13. The summed E-state index contributed by atoms with van der Waals surface area (Å²) in [6, 6.07) is 9.58. The number of benzene rings is 1. The number of nitrogens with zero attached hydrogens (tertiary/aromatic N) is 2. The smallest absolute Gasteiger partial charge is 0.305 e. The van der Waals surface area contributed by atoms with Crippen molar-refractivity contribution in [1.29, 1.82) is 0 Å². The van der Waals surface area contributed by atoms with Crippen molar-refractivity contribution in [1.82, 2.24) is 9.88 Å². The van der Waals surface area contributed by atoms with Crippen LogP contribution in [0, 0.1) is 0 Å². The van der Waals surface area contributed by atoms with Crippen LogP contribution in [0.15, 0.2) is 36.5 Å². The van der Waals surface area contributed by atoms with E-state index in [9.17, 15) is 4.79 Å². The monoisotopic (exact) mass is 244 g/mol. The summed E-state index contributed by atoms with van der Waals surface area (Å²) in [5.41, 5.74) is 1.83. The molecule has 2 rings (SSSR count). The molecule has 4 heteroatoms. The molecule has 0 aliphatic carbocycles. The van der Waals surface area contributed by atoms with Crippen molar-refractivity contribution in [2.75, 3.05) is 14.1 Å². The van der Waals surface area contributed by atoms with E-state index in [0.29, 0.717) is 0 Å². The van der Waals surface area contributed by atoms with E-state index in [1.165, 1.54) is 0 Å². The van der Waals surface area contributed by atoms with Gasteiger partial charge in [0.1, 0.15) is 0 Å². The van der Waals surface area contributed by atoms with Crippen LogP contribution >= 0.6 is 0 Å². The zero-order valence-electron chi connectivity index (χ0n) is 10.5. The fraction of sp³-hybridized carbons (Fsp3) is 0.286. The molecule has 0 aliphatic heterocycles. The highest BCUT2D eigenvalue weighted by Crippen LogP contribution is 2.27. The molecule has 0 radical (unpaired) electrons. The summed E-state index contributed by atoms with van der Waals surface area (Å²) in [4.78, 5) is 17.3. The van der Waals surface area contributed by atoms with Gasteiger partial charge < -0.3 is 10.0 Å². The summed E-state index contributed by atoms with van der Waals surface area (Å²) in [7, 11) is 3.77. The standard InChI is InChI=1S/C14H16N2O2/c1-16(2)12(9-13(17)18)11-7-3-5-10-6-4-8-15-14(10)11/h3-8,12H,9H2,1-2H3,(H,17,18). The largest absolute Gasteiger partial charge is 0.481 e. The highest BCUT2D eigenvalue weighted by atomic mass is 16.4. The molecule has 1 unspecified atom stereocenters. The average Bonchev–Trinajstić information content (AvgIpc) is 2.35. The van der Waals surface area contributed by atoms with Crippen LogP contribution in [0.25, 0.3) is 10.9 Å². The molecule has 0 fully saturated rings. The van der Waals surface area contributed by atoms with Gasteiger partial charge in [-0.15, -0.1) is 0 Å². The molecule has 1 atom stereocenters. The Morgan fingerprint density at radius 3 is 2.72 bits per heavy atom. The van der Waals surface area contributed by atoms with Gasteiger partial charge in [0.05, 0.1) is 11.9 Å². The van der Waals surface area contributed by atoms with Crippen LogP contribution in [-0.2, 0) is 4.79 Å². The number of pyridine rings is 1. The molecule has 0 saturated heterocycles. The van der Waals surface area contributed by atoms with Crippen LogP contribution < -0.4 is 0 Å². The van der Waals surface area contributed by atoms with Crippen LogP contribution in [0.3, 0.4) is 0 Å². The van der Waals surface area contributed by atoms with Crippen LogP contribution in [0.5, 0.6) is 0 Å². The second-order valence-corrected chi connectivity index (χ2v) is 4.50. The van der Waals surface area contributed by atoms with E-state index < -0.39 is 5.97 Å². The number of hydrogen-bond donors (Lipinski definition) is 1. The van der Waals surface area contributed by atoms with Crippen molar-refractivity contribution in [2.24, 2.45) is 0 Å². The highest BCUT2D eigenvalue weighted by Gasteiger charge is 2.20. The lowest BCUT2D eigenvalue weighted by Crippen LogP contribution is -2.23. The Morgan fingerprint density at radius 2 is 2.06 bits per heavy atom. The maximum Gasteiger partial charge on any atom is 0.305 e. The molecule has 0 amide bonds. The van der Waals surface area contributed by atoms with Gasteiger partial charge in [0, 0.05) is 17.6 Å². The van der Waals surface area contributed by atoms with E-state index in [2.05, 4.69) is 4.98 Å². The van der Waals surface area contributed by atoms with Crippen LogP contribution in [0.1, 0.15) is 18.0 Å². The van der Waals surface area contributed by atoms with Crippen molar-refractivity contribution in [2.45, 2.75) is 12.5 Å². The minimum absolute atomic E-state index is 0.0721. The van der Waals surface area contributed by atoms with E-state index in [-0.39, 0.29) is 12.5 Å². The number of carboxylic acids is 1. The number of para-hydroxylation sites is 1. The van der Waals surface area contributed by atoms with Crippen LogP contribution in [-0.4, -0.2) is 35.1 Å². The first-order valence-electron chi connectivity index (χ1n) is 5.81. The number of aromatic nitrogens is 1. The summed E-state index contributed by atoms with van der Waals surface area (Å²) < 4.78 is 0. The van der Waals surface area contributed by atoms with Gasteiger partial charge >= 0.3 is 5.97 Å². The quantitative estimate of drug-likeness (QED) is 0.896. The lowest BCUT2D eigenvalue weighted by atomic mass is 9.99. The Bertz CT molecular complexity index is 561. The Labute approximate surface area is 106 Å². The van der Waals surface area contributed by atoms with Gasteiger partial charge in [0.25, 0.3) is 0 Å². The summed E-state index contributed by atoms with van der Waals surface area (Å²) in [5, 5.41) is 10.1. The molecule has 4 nitrogen and oxygen atoms in total. The number of fused-ring (bicyclic) bond motifs is 1. The summed E-state index contributed by atoms with van der Waals surface area (Å²) in [6.45, 7) is 0. The van der Waals surface area contributed by atoms with Gasteiger partial charge in [-0.2, -0.15) is 0 Å². The van der Waals surface area contributed by atoms with Crippen molar-refractivity contribution in [3.63, 3.8) is 0 Å². The second-order valence-electron chi connectivity index (χ2n) is 4.50. The van der Waals surface area contributed by atoms with Crippen molar-refractivity contribution >= 4 is 16.9 Å². The lowest BCUT2D eigenvalue weighted by Gasteiger charge is -2.24. The topological polar surface area (TPSA) is 53.4 Å². The number of carbonyl (C=O) groups is 1. The number of hydrogen-bond acceptors (Lipinski definition) is 3. The van der Waals surface area contributed by atoms with Gasteiger partial charge in [-0.3, -0.25) is 9.78 Å². The summed E-state index contributed by atoms with van der Waals surface area (Å²) in [6.07, 6.45) is 1.81. The third-order valence-electron chi connectivity index (χ3n) is 3.01. The predicted molar refractivity (Wildman–Crippen MR) is 70.4 cm³/mol. The van der Waals surface area contributed by atoms with Gasteiger partial charge in [0.15, 0.2) is 0 Å². The third-order valence-corrected chi connectivity index (χ3v) is 3.01. The maximum atomic E-state index is 11.0. The SMILES string of the molecule is CN(C)C(CC(=O)O)c1cccc2cccnc12. The lowest BCUT2D eigenvalue weighted by molar-refractivity contribution is -0.138. The molecule has 0 aliphatic rings. The minimum Gasteiger partial charge on any atom is -0.481 e. The molecule has 1 aromatic carbocycles. The van der Waals surface area contributed by atoms with E-state index in [0.717, 1.165) is 16.5 Å². The van der Waals surface area contributed by atoms with E-state index >= 15 is 0 Å². The summed E-state index contributed by atoms with van der Waals surface area (Å²) >= 11 is 0. The second kappa shape index (κ2) is 5.14. The normalized spacial score (nSPS) is 12.8. The van der Waals surface area contributed by atoms with Gasteiger partial charge in [-0.1, -0.05) is 24.3 Å². The van der Waals surface area contributed by atoms with Crippen LogP contribution in [0.2, 0.25) is 0 Å². The van der Waals surface area contributed by atoms with Gasteiger partial charge in [0.2, 0.25) is 0 Å². The van der Waals surface area contributed by atoms with Crippen molar-refractivity contribution in [3.8, 4) is 0 Å². The maximum absolute atomic E-state index is 11.0. The number of aliphatic carboxylic acids is 1. The first-order chi connectivity index (χ1) is 8.59.